The molecule has 4 nitrogen and oxygen atoms in total. The first-order valence-electron chi connectivity index (χ1n) is 6.12. The second-order valence-electron chi connectivity index (χ2n) is 4.04. The number of hydrogen-bond donors (Lipinski definition) is 1. The summed E-state index contributed by atoms with van der Waals surface area (Å²) in [6, 6.07) is 11.5. The Kier molecular flexibility index (Phi) is 5.12. The van der Waals surface area contributed by atoms with E-state index in [2.05, 4.69) is 15.3 Å². The fourth-order valence-corrected chi connectivity index (χ4v) is 1.84. The van der Waals surface area contributed by atoms with E-state index in [-0.39, 0.29) is 0 Å². The normalized spacial score (nSPS) is 10.4. The van der Waals surface area contributed by atoms with Crippen LogP contribution in [-0.4, -0.2) is 30.2 Å². The molecule has 0 unspecified atom stereocenters. The third-order valence-corrected chi connectivity index (χ3v) is 2.75. The van der Waals surface area contributed by atoms with E-state index < -0.39 is 0 Å². The number of aromatic nitrogens is 2. The largest absolute Gasteiger partial charge is 0.385 e. The number of nitrogens with one attached hydrogen (secondary N) is 1. The Morgan fingerprint density at radius 3 is 2.74 bits per heavy atom. The van der Waals surface area contributed by atoms with Crippen molar-refractivity contribution in [2.75, 3.05) is 25.6 Å². The summed E-state index contributed by atoms with van der Waals surface area (Å²) in [7, 11) is 1.69. The molecule has 1 aromatic carbocycles. The number of halogens is 1. The van der Waals surface area contributed by atoms with E-state index >= 15 is 0 Å². The fraction of sp³-hybridized carbons (Fsp3) is 0.286. The Morgan fingerprint density at radius 1 is 1.21 bits per heavy atom. The summed E-state index contributed by atoms with van der Waals surface area (Å²) >= 11 is 6.02. The molecule has 100 valence electrons. The maximum Gasteiger partial charge on any atom is 0.163 e. The van der Waals surface area contributed by atoms with Gasteiger partial charge in [0.2, 0.25) is 0 Å². The van der Waals surface area contributed by atoms with Gasteiger partial charge >= 0.3 is 0 Å². The van der Waals surface area contributed by atoms with Crippen molar-refractivity contribution in [1.82, 2.24) is 9.97 Å². The van der Waals surface area contributed by atoms with Gasteiger partial charge in [0.15, 0.2) is 5.82 Å². The van der Waals surface area contributed by atoms with Crippen LogP contribution in [0.5, 0.6) is 0 Å². The van der Waals surface area contributed by atoms with Gasteiger partial charge in [-0.3, -0.25) is 0 Å². The van der Waals surface area contributed by atoms with Crippen molar-refractivity contribution in [3.05, 3.63) is 41.6 Å². The lowest BCUT2D eigenvalue weighted by molar-refractivity contribution is 0.198. The highest BCUT2D eigenvalue weighted by atomic mass is 35.5. The van der Waals surface area contributed by atoms with Gasteiger partial charge < -0.3 is 10.1 Å². The molecule has 0 aliphatic heterocycles. The highest BCUT2D eigenvalue weighted by Gasteiger charge is 2.05. The molecule has 0 aliphatic rings. The second kappa shape index (κ2) is 7.07. The van der Waals surface area contributed by atoms with Crippen LogP contribution in [0.4, 0.5) is 5.82 Å². The first-order chi connectivity index (χ1) is 9.29. The molecule has 0 radical (unpaired) electrons. The van der Waals surface area contributed by atoms with Crippen molar-refractivity contribution >= 4 is 17.4 Å². The average Bonchev–Trinajstić information content (AvgIpc) is 2.44. The van der Waals surface area contributed by atoms with Gasteiger partial charge in [-0.05, 0) is 6.42 Å². The highest BCUT2D eigenvalue weighted by Crippen LogP contribution is 2.19. The first kappa shape index (κ1) is 13.8. The minimum Gasteiger partial charge on any atom is -0.385 e. The Hall–Kier alpha value is -1.65. The summed E-state index contributed by atoms with van der Waals surface area (Å²) in [6.07, 6.45) is 0.915. The minimum atomic E-state index is 0.433. The number of rotatable bonds is 6. The standard InChI is InChI=1S/C14H16ClN3O/c1-19-9-5-8-16-13-10-12(15)17-14(18-13)11-6-3-2-4-7-11/h2-4,6-7,10H,5,8-9H2,1H3,(H,16,17,18). The maximum absolute atomic E-state index is 6.02. The number of benzene rings is 1. The van der Waals surface area contributed by atoms with Crippen molar-refractivity contribution in [2.45, 2.75) is 6.42 Å². The van der Waals surface area contributed by atoms with Crippen LogP contribution in [0.25, 0.3) is 11.4 Å². The number of hydrogen-bond acceptors (Lipinski definition) is 4. The van der Waals surface area contributed by atoms with E-state index in [1.165, 1.54) is 0 Å². The lowest BCUT2D eigenvalue weighted by Gasteiger charge is -2.07. The molecule has 1 aromatic heterocycles. The molecule has 5 heteroatoms. The monoisotopic (exact) mass is 277 g/mol. The molecule has 2 aromatic rings. The van der Waals surface area contributed by atoms with Gasteiger partial charge in [-0.15, -0.1) is 0 Å². The van der Waals surface area contributed by atoms with Crippen LogP contribution in [0.3, 0.4) is 0 Å². The predicted octanol–water partition coefficient (Wildman–Crippen LogP) is 3.25. The zero-order valence-corrected chi connectivity index (χ0v) is 11.5. The molecule has 1 heterocycles. The van der Waals surface area contributed by atoms with Gasteiger partial charge in [-0.2, -0.15) is 0 Å². The van der Waals surface area contributed by atoms with E-state index in [1.54, 1.807) is 13.2 Å². The van der Waals surface area contributed by atoms with Gasteiger partial charge in [0.25, 0.3) is 0 Å². The van der Waals surface area contributed by atoms with Crippen LogP contribution < -0.4 is 5.32 Å². The summed E-state index contributed by atoms with van der Waals surface area (Å²) in [4.78, 5) is 8.69. The third-order valence-electron chi connectivity index (χ3n) is 2.56. The molecule has 0 aliphatic carbocycles. The lowest BCUT2D eigenvalue weighted by Crippen LogP contribution is -2.07. The number of methoxy groups -OCH3 is 1. The van der Waals surface area contributed by atoms with Crippen LogP contribution >= 0.6 is 11.6 Å². The van der Waals surface area contributed by atoms with E-state index in [1.807, 2.05) is 30.3 Å². The quantitative estimate of drug-likeness (QED) is 0.650. The van der Waals surface area contributed by atoms with Crippen molar-refractivity contribution in [2.24, 2.45) is 0 Å². The molecule has 0 atom stereocenters. The molecule has 2 rings (SSSR count). The SMILES string of the molecule is COCCCNc1cc(Cl)nc(-c2ccccc2)n1. The fourth-order valence-electron chi connectivity index (χ4n) is 1.66. The maximum atomic E-state index is 6.02. The van der Waals surface area contributed by atoms with Crippen molar-refractivity contribution in [1.29, 1.82) is 0 Å². The van der Waals surface area contributed by atoms with Gasteiger partial charge in [0.1, 0.15) is 11.0 Å². The van der Waals surface area contributed by atoms with Crippen LogP contribution in [-0.2, 0) is 4.74 Å². The third kappa shape index (κ3) is 4.19. The second-order valence-corrected chi connectivity index (χ2v) is 4.43. The topological polar surface area (TPSA) is 47.0 Å². The summed E-state index contributed by atoms with van der Waals surface area (Å²) in [5, 5.41) is 3.65. The van der Waals surface area contributed by atoms with Gasteiger partial charge in [-0.1, -0.05) is 41.9 Å². The van der Waals surface area contributed by atoms with Crippen molar-refractivity contribution in [3.8, 4) is 11.4 Å². The highest BCUT2D eigenvalue weighted by molar-refractivity contribution is 6.29. The molecular formula is C14H16ClN3O. The molecule has 0 bridgehead atoms. The van der Waals surface area contributed by atoms with Gasteiger partial charge in [-0.25, -0.2) is 9.97 Å². The van der Waals surface area contributed by atoms with E-state index in [9.17, 15) is 0 Å². The summed E-state index contributed by atoms with van der Waals surface area (Å²) in [5.41, 5.74) is 0.949. The van der Waals surface area contributed by atoms with Crippen LogP contribution in [0.15, 0.2) is 36.4 Å². The molecule has 0 spiro atoms. The summed E-state index contributed by atoms with van der Waals surface area (Å²) in [5.74, 6) is 1.36. The Labute approximate surface area is 117 Å². The molecule has 0 amide bonds. The van der Waals surface area contributed by atoms with E-state index in [0.29, 0.717) is 11.0 Å². The average molecular weight is 278 g/mol. The molecule has 0 fully saturated rings. The van der Waals surface area contributed by atoms with Gasteiger partial charge in [0, 0.05) is 31.9 Å². The van der Waals surface area contributed by atoms with Crippen LogP contribution in [0.2, 0.25) is 5.15 Å². The predicted molar refractivity (Wildman–Crippen MR) is 77.5 cm³/mol. The van der Waals surface area contributed by atoms with Crippen LogP contribution in [0.1, 0.15) is 6.42 Å². The first-order valence-corrected chi connectivity index (χ1v) is 6.50. The zero-order chi connectivity index (χ0) is 13.5. The molecule has 0 saturated carbocycles. The molecule has 19 heavy (non-hydrogen) atoms. The van der Waals surface area contributed by atoms with Gasteiger partial charge in [0.05, 0.1) is 0 Å². The summed E-state index contributed by atoms with van der Waals surface area (Å²) in [6.45, 7) is 1.51. The van der Waals surface area contributed by atoms with Crippen molar-refractivity contribution < 1.29 is 4.74 Å². The van der Waals surface area contributed by atoms with E-state index in [4.69, 9.17) is 16.3 Å². The Morgan fingerprint density at radius 2 is 2.00 bits per heavy atom. The minimum absolute atomic E-state index is 0.433. The van der Waals surface area contributed by atoms with Crippen LogP contribution in [0, 0.1) is 0 Å². The Bertz CT molecular complexity index is 519. The Balaban J connectivity index is 2.11. The number of ether oxygens (including phenoxy) is 1. The number of anilines is 1. The smallest absolute Gasteiger partial charge is 0.163 e. The van der Waals surface area contributed by atoms with E-state index in [0.717, 1.165) is 31.0 Å². The molecule has 1 N–H and O–H groups in total. The summed E-state index contributed by atoms with van der Waals surface area (Å²) < 4.78 is 5.00. The molecular weight excluding hydrogens is 262 g/mol. The van der Waals surface area contributed by atoms with Crippen molar-refractivity contribution in [3.63, 3.8) is 0 Å². The zero-order valence-electron chi connectivity index (χ0n) is 10.8. The molecule has 0 saturated heterocycles. The number of nitrogens with zero attached hydrogens (tertiary/aromatic N) is 2. The lowest BCUT2D eigenvalue weighted by atomic mass is 10.2.